The van der Waals surface area contributed by atoms with Gasteiger partial charge in [-0.05, 0) is 47.7 Å². The minimum atomic E-state index is -1.40. The Morgan fingerprint density at radius 3 is 1.69 bits per heavy atom. The second kappa shape index (κ2) is 13.7. The SMILES string of the molecule is CC(C)[C@H](NC(=O)N(Cc1ccc(Cl)cc1)Cc1ccc(Cl)cc1)C(=O)N[C@H](CCC(=O)O)C(=O)O. The Balaban J connectivity index is 2.21. The maximum atomic E-state index is 13.3. The molecule has 4 N–H and O–H groups in total. The largest absolute Gasteiger partial charge is 0.481 e. The summed E-state index contributed by atoms with van der Waals surface area (Å²) >= 11 is 11.9. The second-order valence-electron chi connectivity index (χ2n) is 8.61. The quantitative estimate of drug-likeness (QED) is 0.321. The van der Waals surface area contributed by atoms with Crippen LogP contribution >= 0.6 is 23.2 Å². The molecule has 0 aliphatic carbocycles. The predicted molar refractivity (Wildman–Crippen MR) is 136 cm³/mol. The van der Waals surface area contributed by atoms with Gasteiger partial charge < -0.3 is 25.7 Å². The van der Waals surface area contributed by atoms with Crippen LogP contribution < -0.4 is 10.6 Å². The molecule has 194 valence electrons. The Hall–Kier alpha value is -3.30. The van der Waals surface area contributed by atoms with E-state index in [0.29, 0.717) is 10.0 Å². The number of carboxylic acid groups (broad SMARTS) is 2. The molecule has 0 radical (unpaired) electrons. The van der Waals surface area contributed by atoms with E-state index in [1.165, 1.54) is 4.90 Å². The van der Waals surface area contributed by atoms with Crippen LogP contribution in [0, 0.1) is 5.92 Å². The van der Waals surface area contributed by atoms with Crippen molar-refractivity contribution in [3.8, 4) is 0 Å². The maximum absolute atomic E-state index is 13.3. The fraction of sp³-hybridized carbons (Fsp3) is 0.360. The predicted octanol–water partition coefficient (Wildman–Crippen LogP) is 4.16. The fourth-order valence-electron chi connectivity index (χ4n) is 3.37. The molecule has 0 heterocycles. The van der Waals surface area contributed by atoms with Gasteiger partial charge in [0.1, 0.15) is 12.1 Å². The maximum Gasteiger partial charge on any atom is 0.326 e. The monoisotopic (exact) mass is 537 g/mol. The number of halogens is 2. The molecule has 2 aromatic carbocycles. The minimum Gasteiger partial charge on any atom is -0.481 e. The van der Waals surface area contributed by atoms with Crippen LogP contribution in [0.2, 0.25) is 10.0 Å². The first-order valence-electron chi connectivity index (χ1n) is 11.3. The highest BCUT2D eigenvalue weighted by Crippen LogP contribution is 2.16. The van der Waals surface area contributed by atoms with Gasteiger partial charge >= 0.3 is 18.0 Å². The number of hydrogen-bond donors (Lipinski definition) is 4. The first-order valence-corrected chi connectivity index (χ1v) is 12.0. The molecule has 11 heteroatoms. The number of nitrogens with zero attached hydrogens (tertiary/aromatic N) is 1. The third kappa shape index (κ3) is 9.39. The van der Waals surface area contributed by atoms with Gasteiger partial charge in [0.05, 0.1) is 0 Å². The van der Waals surface area contributed by atoms with Crippen molar-refractivity contribution in [2.45, 2.75) is 51.9 Å². The zero-order valence-electron chi connectivity index (χ0n) is 19.9. The number of nitrogens with one attached hydrogen (secondary N) is 2. The molecule has 0 saturated heterocycles. The summed E-state index contributed by atoms with van der Waals surface area (Å²) in [5.74, 6) is -3.63. The topological polar surface area (TPSA) is 136 Å². The number of carboxylic acids is 2. The highest BCUT2D eigenvalue weighted by molar-refractivity contribution is 6.30. The average Bonchev–Trinajstić information content (AvgIpc) is 2.81. The normalized spacial score (nSPS) is 12.5. The van der Waals surface area contributed by atoms with E-state index in [9.17, 15) is 24.3 Å². The molecule has 2 aromatic rings. The molecule has 36 heavy (non-hydrogen) atoms. The fourth-order valence-corrected chi connectivity index (χ4v) is 3.62. The first-order chi connectivity index (χ1) is 17.0. The van der Waals surface area contributed by atoms with Gasteiger partial charge in [-0.1, -0.05) is 61.3 Å². The summed E-state index contributed by atoms with van der Waals surface area (Å²) in [6, 6.07) is 11.0. The van der Waals surface area contributed by atoms with Gasteiger partial charge in [0, 0.05) is 29.6 Å². The molecule has 0 fully saturated rings. The van der Waals surface area contributed by atoms with Crippen molar-refractivity contribution in [2.24, 2.45) is 5.92 Å². The van der Waals surface area contributed by atoms with E-state index in [-0.39, 0.29) is 25.4 Å². The Bertz CT molecular complexity index is 1010. The van der Waals surface area contributed by atoms with E-state index >= 15 is 0 Å². The van der Waals surface area contributed by atoms with Gasteiger partial charge in [-0.3, -0.25) is 9.59 Å². The third-order valence-electron chi connectivity index (χ3n) is 5.35. The van der Waals surface area contributed by atoms with Crippen LogP contribution in [0.15, 0.2) is 48.5 Å². The number of carbonyl (C=O) groups is 4. The number of rotatable bonds is 12. The van der Waals surface area contributed by atoms with E-state index in [2.05, 4.69) is 10.6 Å². The summed E-state index contributed by atoms with van der Waals surface area (Å²) in [5, 5.41) is 24.4. The molecule has 0 spiro atoms. The molecule has 2 atom stereocenters. The van der Waals surface area contributed by atoms with Crippen molar-refractivity contribution in [3.63, 3.8) is 0 Å². The molecular formula is C25H29Cl2N3O6. The van der Waals surface area contributed by atoms with Crippen molar-refractivity contribution in [1.29, 1.82) is 0 Å². The average molecular weight is 538 g/mol. The van der Waals surface area contributed by atoms with Crippen LogP contribution in [0.5, 0.6) is 0 Å². The lowest BCUT2D eigenvalue weighted by Crippen LogP contribution is -2.56. The van der Waals surface area contributed by atoms with E-state index in [1.54, 1.807) is 62.4 Å². The van der Waals surface area contributed by atoms with Gasteiger partial charge in [0.25, 0.3) is 0 Å². The van der Waals surface area contributed by atoms with Crippen molar-refractivity contribution < 1.29 is 29.4 Å². The van der Waals surface area contributed by atoms with Crippen molar-refractivity contribution >= 4 is 47.1 Å². The Morgan fingerprint density at radius 2 is 1.31 bits per heavy atom. The van der Waals surface area contributed by atoms with Crippen LogP contribution in [0.3, 0.4) is 0 Å². The highest BCUT2D eigenvalue weighted by atomic mass is 35.5. The first kappa shape index (κ1) is 28.9. The molecule has 0 aliphatic rings. The summed E-state index contributed by atoms with van der Waals surface area (Å²) in [6.45, 7) is 3.85. The summed E-state index contributed by atoms with van der Waals surface area (Å²) in [5.41, 5.74) is 1.63. The molecule has 0 bridgehead atoms. The molecule has 3 amide bonds. The molecule has 2 rings (SSSR count). The van der Waals surface area contributed by atoms with E-state index < -0.39 is 42.4 Å². The molecule has 0 aromatic heterocycles. The number of amides is 3. The summed E-state index contributed by atoms with van der Waals surface area (Å²) in [7, 11) is 0. The summed E-state index contributed by atoms with van der Waals surface area (Å²) < 4.78 is 0. The minimum absolute atomic E-state index is 0.217. The third-order valence-corrected chi connectivity index (χ3v) is 5.85. The smallest absolute Gasteiger partial charge is 0.326 e. The molecule has 0 unspecified atom stereocenters. The highest BCUT2D eigenvalue weighted by Gasteiger charge is 2.30. The molecule has 0 saturated carbocycles. The lowest BCUT2D eigenvalue weighted by molar-refractivity contribution is -0.143. The number of benzene rings is 2. The number of hydrogen-bond acceptors (Lipinski definition) is 4. The molecular weight excluding hydrogens is 509 g/mol. The van der Waals surface area contributed by atoms with E-state index in [4.69, 9.17) is 28.3 Å². The number of urea groups is 1. The van der Waals surface area contributed by atoms with Crippen molar-refractivity contribution in [1.82, 2.24) is 15.5 Å². The Morgan fingerprint density at radius 1 is 0.833 bits per heavy atom. The van der Waals surface area contributed by atoms with Crippen LogP contribution in [-0.2, 0) is 27.5 Å². The van der Waals surface area contributed by atoms with Gasteiger partial charge in [-0.25, -0.2) is 9.59 Å². The van der Waals surface area contributed by atoms with Crippen LogP contribution in [0.1, 0.15) is 37.8 Å². The van der Waals surface area contributed by atoms with Gasteiger partial charge in [0.15, 0.2) is 0 Å². The second-order valence-corrected chi connectivity index (χ2v) is 9.48. The summed E-state index contributed by atoms with van der Waals surface area (Å²) in [4.78, 5) is 50.1. The molecule has 0 aliphatic heterocycles. The zero-order chi connectivity index (χ0) is 26.8. The number of carbonyl (C=O) groups excluding carboxylic acids is 2. The van der Waals surface area contributed by atoms with Gasteiger partial charge in [0.2, 0.25) is 5.91 Å². The Labute approximate surface area is 219 Å². The lowest BCUT2D eigenvalue weighted by Gasteiger charge is -2.29. The Kier molecular flexibility index (Phi) is 11.0. The number of aliphatic carboxylic acids is 2. The van der Waals surface area contributed by atoms with Crippen LogP contribution in [-0.4, -0.2) is 51.1 Å². The van der Waals surface area contributed by atoms with Crippen LogP contribution in [0.25, 0.3) is 0 Å². The molecule has 9 nitrogen and oxygen atoms in total. The van der Waals surface area contributed by atoms with E-state index in [0.717, 1.165) is 11.1 Å². The van der Waals surface area contributed by atoms with Gasteiger partial charge in [-0.2, -0.15) is 0 Å². The zero-order valence-corrected chi connectivity index (χ0v) is 21.4. The summed E-state index contributed by atoms with van der Waals surface area (Å²) in [6.07, 6.45) is -0.708. The van der Waals surface area contributed by atoms with Gasteiger partial charge in [-0.15, -0.1) is 0 Å². The van der Waals surface area contributed by atoms with Crippen molar-refractivity contribution in [3.05, 3.63) is 69.7 Å². The van der Waals surface area contributed by atoms with Crippen LogP contribution in [0.4, 0.5) is 4.79 Å². The van der Waals surface area contributed by atoms with E-state index in [1.807, 2.05) is 0 Å². The van der Waals surface area contributed by atoms with Crippen molar-refractivity contribution in [2.75, 3.05) is 0 Å². The lowest BCUT2D eigenvalue weighted by atomic mass is 10.0. The standard InChI is InChI=1S/C25H29Cl2N3O6/c1-15(2)22(23(33)28-20(24(34)35)11-12-21(31)32)29-25(36)30(13-16-3-7-18(26)8-4-16)14-17-5-9-19(27)10-6-17/h3-10,15,20,22H,11-14H2,1-2H3,(H,28,33)(H,29,36)(H,31,32)(H,34,35)/t20-,22+/m1/s1.